The van der Waals surface area contributed by atoms with Crippen LogP contribution in [0.3, 0.4) is 0 Å². The van der Waals surface area contributed by atoms with E-state index in [1.165, 1.54) is 0 Å². The monoisotopic (exact) mass is 583 g/mol. The lowest BCUT2D eigenvalue weighted by atomic mass is 9.92. The Bertz CT molecular complexity index is 1240. The second kappa shape index (κ2) is 13.5. The minimum atomic E-state index is -0.910. The zero-order chi connectivity index (χ0) is 28.9. The normalized spacial score (nSPS) is 29.8. The zero-order valence-electron chi connectivity index (χ0n) is 23.0. The fourth-order valence-electron chi connectivity index (χ4n) is 6.13. The van der Waals surface area contributed by atoms with E-state index in [0.29, 0.717) is 18.0 Å². The number of hydrogen-bond donors (Lipinski definition) is 4. The largest absolute Gasteiger partial charge is 0.490 e. The minimum Gasteiger partial charge on any atom is -0.490 e. The van der Waals surface area contributed by atoms with E-state index in [-0.39, 0.29) is 43.7 Å². The molecule has 4 N–H and O–H groups in total. The predicted molar refractivity (Wildman–Crippen MR) is 152 cm³/mol. The molecular formula is C31H38ClN3O6. The summed E-state index contributed by atoms with van der Waals surface area (Å²) in [6.45, 7) is 0.597. The molecule has 7 atom stereocenters. The molecule has 0 radical (unpaired) electrons. The Labute approximate surface area is 245 Å². The highest BCUT2D eigenvalue weighted by Crippen LogP contribution is 2.34. The fourth-order valence-corrected chi connectivity index (χ4v) is 6.31. The number of ether oxygens (including phenoxy) is 2. The average Bonchev–Trinajstić information content (AvgIpc) is 3.64. The molecule has 0 bridgehead atoms. The van der Waals surface area contributed by atoms with Gasteiger partial charge in [-0.2, -0.15) is 5.26 Å². The third-order valence-corrected chi connectivity index (χ3v) is 8.80. The summed E-state index contributed by atoms with van der Waals surface area (Å²) in [7, 11) is 0. The quantitative estimate of drug-likeness (QED) is 0.354. The van der Waals surface area contributed by atoms with Crippen LogP contribution < -0.4 is 10.1 Å². The Hall–Kier alpha value is -2.71. The molecule has 2 aromatic rings. The lowest BCUT2D eigenvalue weighted by Gasteiger charge is -2.37. The Morgan fingerprint density at radius 3 is 2.68 bits per heavy atom. The summed E-state index contributed by atoms with van der Waals surface area (Å²) in [5.74, 6) is 0.784. The molecule has 2 heterocycles. The predicted octanol–water partition coefficient (Wildman–Crippen LogP) is 2.88. The van der Waals surface area contributed by atoms with E-state index in [9.17, 15) is 25.4 Å². The van der Waals surface area contributed by atoms with Crippen LogP contribution >= 0.6 is 11.6 Å². The number of likely N-dealkylation sites (tertiary alicyclic amines) is 1. The number of amides is 1. The van der Waals surface area contributed by atoms with Crippen molar-refractivity contribution in [2.45, 2.75) is 87.5 Å². The topological polar surface area (TPSA) is 135 Å². The van der Waals surface area contributed by atoms with Gasteiger partial charge in [-0.15, -0.1) is 0 Å². The highest BCUT2D eigenvalue weighted by Gasteiger charge is 2.37. The van der Waals surface area contributed by atoms with Crippen molar-refractivity contribution in [2.75, 3.05) is 19.7 Å². The maximum absolute atomic E-state index is 12.5. The van der Waals surface area contributed by atoms with Crippen LogP contribution in [0.1, 0.15) is 61.3 Å². The molecule has 0 aromatic heterocycles. The molecule has 0 spiro atoms. The first-order valence-corrected chi connectivity index (χ1v) is 14.8. The van der Waals surface area contributed by atoms with Crippen LogP contribution in [0.2, 0.25) is 5.02 Å². The number of carbonyl (C=O) groups excluding carboxylic acids is 1. The molecule has 41 heavy (non-hydrogen) atoms. The van der Waals surface area contributed by atoms with Gasteiger partial charge in [0, 0.05) is 24.0 Å². The van der Waals surface area contributed by atoms with Gasteiger partial charge in [-0.05, 0) is 73.4 Å². The molecule has 220 valence electrons. The SMILES string of the molecule is N#C[C@@H]1CCCN1C(=O)CN[C@H]1CC[C@H](Oc2ccc(Cc3cc([C@@H]4O[C@H](CO)[C@@H](O)C[C@H]4O)ccc3Cl)cc2)C1. The Morgan fingerprint density at radius 2 is 1.93 bits per heavy atom. The smallest absolute Gasteiger partial charge is 0.237 e. The second-order valence-corrected chi connectivity index (χ2v) is 11.7. The van der Waals surface area contributed by atoms with Gasteiger partial charge in [0.1, 0.15) is 30.1 Å². The van der Waals surface area contributed by atoms with Crippen molar-refractivity contribution in [1.82, 2.24) is 10.2 Å². The Morgan fingerprint density at radius 1 is 1.12 bits per heavy atom. The molecule has 1 saturated carbocycles. The maximum atomic E-state index is 12.5. The molecule has 1 aliphatic carbocycles. The second-order valence-electron chi connectivity index (χ2n) is 11.3. The van der Waals surface area contributed by atoms with Crippen molar-refractivity contribution in [1.29, 1.82) is 5.26 Å². The van der Waals surface area contributed by atoms with Gasteiger partial charge in [-0.3, -0.25) is 4.79 Å². The van der Waals surface area contributed by atoms with E-state index >= 15 is 0 Å². The van der Waals surface area contributed by atoms with E-state index in [0.717, 1.165) is 54.5 Å². The molecule has 0 unspecified atom stereocenters. The van der Waals surface area contributed by atoms with Crippen molar-refractivity contribution < 1.29 is 29.6 Å². The summed E-state index contributed by atoms with van der Waals surface area (Å²) in [4.78, 5) is 14.2. The van der Waals surface area contributed by atoms with E-state index < -0.39 is 24.4 Å². The van der Waals surface area contributed by atoms with Crippen molar-refractivity contribution >= 4 is 17.5 Å². The number of aliphatic hydroxyl groups excluding tert-OH is 3. The van der Waals surface area contributed by atoms with Gasteiger partial charge >= 0.3 is 0 Å². The number of halogens is 1. The molecule has 3 aliphatic rings. The highest BCUT2D eigenvalue weighted by molar-refractivity contribution is 6.31. The van der Waals surface area contributed by atoms with Gasteiger partial charge in [0.05, 0.1) is 31.4 Å². The standard InChI is InChI=1S/C31H38ClN3O6/c32-26-10-5-20(31-28(38)15-27(37)29(18-36)41-31)13-21(26)12-19-3-7-24(8-4-19)40-25-9-6-22(14-25)34-17-30(39)35-11-1-2-23(35)16-33/h3-5,7-8,10,13,22-23,25,27-29,31,34,36-38H,1-2,6,9,11-12,14-15,17-18H2/t22-,23-,25-,27-,28+,29+,31-/m0/s1. The summed E-state index contributed by atoms with van der Waals surface area (Å²) < 4.78 is 12.0. The van der Waals surface area contributed by atoms with Gasteiger partial charge in [0.15, 0.2) is 0 Å². The lowest BCUT2D eigenvalue weighted by Crippen LogP contribution is -2.44. The number of nitrogens with one attached hydrogen (secondary N) is 1. The zero-order valence-corrected chi connectivity index (χ0v) is 23.7. The molecule has 2 aliphatic heterocycles. The summed E-state index contributed by atoms with van der Waals surface area (Å²) in [6, 6.07) is 15.6. The number of aliphatic hydroxyl groups is 3. The molecule has 3 fully saturated rings. The molecule has 9 nitrogen and oxygen atoms in total. The van der Waals surface area contributed by atoms with E-state index in [1.807, 2.05) is 30.3 Å². The van der Waals surface area contributed by atoms with Crippen molar-refractivity contribution in [2.24, 2.45) is 0 Å². The van der Waals surface area contributed by atoms with Crippen LogP contribution in [0.15, 0.2) is 42.5 Å². The molecule has 2 aromatic carbocycles. The summed E-state index contributed by atoms with van der Waals surface area (Å²) in [5.41, 5.74) is 2.68. The number of hydrogen-bond acceptors (Lipinski definition) is 8. The van der Waals surface area contributed by atoms with E-state index in [1.54, 1.807) is 17.0 Å². The molecule has 10 heteroatoms. The first-order chi connectivity index (χ1) is 19.8. The number of nitriles is 1. The number of benzene rings is 2. The van der Waals surface area contributed by atoms with Crippen molar-refractivity contribution in [3.05, 3.63) is 64.2 Å². The van der Waals surface area contributed by atoms with Crippen LogP contribution in [0.5, 0.6) is 5.75 Å². The van der Waals surface area contributed by atoms with Crippen LogP contribution in [0, 0.1) is 11.3 Å². The number of carbonyl (C=O) groups is 1. The van der Waals surface area contributed by atoms with Crippen molar-refractivity contribution in [3.8, 4) is 11.8 Å². The minimum absolute atomic E-state index is 0.00440. The lowest BCUT2D eigenvalue weighted by molar-refractivity contribution is -0.181. The van der Waals surface area contributed by atoms with Gasteiger partial charge in [-0.1, -0.05) is 35.9 Å². The number of rotatable bonds is 9. The van der Waals surface area contributed by atoms with Crippen LogP contribution in [0.25, 0.3) is 0 Å². The van der Waals surface area contributed by atoms with Gasteiger partial charge in [-0.25, -0.2) is 0 Å². The number of nitrogens with zero attached hydrogens (tertiary/aromatic N) is 2. The molecular weight excluding hydrogens is 546 g/mol. The average molecular weight is 584 g/mol. The molecule has 1 amide bonds. The van der Waals surface area contributed by atoms with E-state index in [2.05, 4.69) is 11.4 Å². The van der Waals surface area contributed by atoms with Crippen LogP contribution in [-0.2, 0) is 16.0 Å². The fraction of sp³-hybridized carbons (Fsp3) is 0.548. The maximum Gasteiger partial charge on any atom is 0.237 e. The Balaban J connectivity index is 1.12. The van der Waals surface area contributed by atoms with Gasteiger partial charge < -0.3 is 35.0 Å². The molecule has 2 saturated heterocycles. The van der Waals surface area contributed by atoms with Crippen LogP contribution in [-0.4, -0.2) is 82.3 Å². The first-order valence-electron chi connectivity index (χ1n) is 14.4. The van der Waals surface area contributed by atoms with E-state index in [4.69, 9.17) is 21.1 Å². The van der Waals surface area contributed by atoms with Gasteiger partial charge in [0.25, 0.3) is 0 Å². The Kier molecular flexibility index (Phi) is 9.81. The highest BCUT2D eigenvalue weighted by atomic mass is 35.5. The molecule has 5 rings (SSSR count). The van der Waals surface area contributed by atoms with Gasteiger partial charge in [0.2, 0.25) is 5.91 Å². The first kappa shape index (κ1) is 29.8. The third kappa shape index (κ3) is 7.20. The summed E-state index contributed by atoms with van der Waals surface area (Å²) >= 11 is 6.50. The van der Waals surface area contributed by atoms with Crippen LogP contribution in [0.4, 0.5) is 0 Å². The third-order valence-electron chi connectivity index (χ3n) is 8.43. The summed E-state index contributed by atoms with van der Waals surface area (Å²) in [6.07, 6.45) is 1.90. The van der Waals surface area contributed by atoms with Crippen molar-refractivity contribution in [3.63, 3.8) is 0 Å². The summed E-state index contributed by atoms with van der Waals surface area (Å²) in [5, 5.41) is 43.2.